The van der Waals surface area contributed by atoms with Gasteiger partial charge in [0.2, 0.25) is 5.95 Å². The molecule has 0 unspecified atom stereocenters. The standard InChI is InChI=1S/C32H31F9N8O3/c1-3-21-15-23(22-14-18(30(33,34)35)7-8-25(22)49(21)29(50)51-4-2)43-28-42-16-26(52-9-5-6-27-45-47-48-46-27)24(44-28)12-17-10-19(31(36,37)38)13-20(11-17)32(39,40)41/h7-8,10-11,13-14,16,21,23H,3-6,9,12,15H2,1-2H3,(H,42,43,44)(H,45,46,47,48)/t21-,23+/m1/s1. The summed E-state index contributed by atoms with van der Waals surface area (Å²) < 4.78 is 134. The topological polar surface area (TPSA) is 131 Å². The molecule has 2 atom stereocenters. The summed E-state index contributed by atoms with van der Waals surface area (Å²) in [5.41, 5.74) is -4.33. The van der Waals surface area contributed by atoms with E-state index in [0.717, 1.165) is 24.4 Å². The fraction of sp³-hybridized carbons (Fsp3) is 0.438. The zero-order valence-corrected chi connectivity index (χ0v) is 27.5. The van der Waals surface area contributed by atoms with Gasteiger partial charge in [-0.3, -0.25) is 4.90 Å². The van der Waals surface area contributed by atoms with Gasteiger partial charge in [0.15, 0.2) is 11.6 Å². The molecule has 1 aliphatic heterocycles. The second-order valence-electron chi connectivity index (χ2n) is 11.7. The first-order valence-corrected chi connectivity index (χ1v) is 15.9. The minimum absolute atomic E-state index is 0.00523. The molecule has 3 heterocycles. The molecule has 0 aliphatic carbocycles. The van der Waals surface area contributed by atoms with Gasteiger partial charge in [0, 0.05) is 18.9 Å². The van der Waals surface area contributed by atoms with Gasteiger partial charge in [0.25, 0.3) is 0 Å². The fourth-order valence-electron chi connectivity index (χ4n) is 5.75. The summed E-state index contributed by atoms with van der Waals surface area (Å²) in [6, 6.07) is 2.55. The Hall–Kier alpha value is -5.17. The number of aryl methyl sites for hydroxylation is 1. The normalized spacial score (nSPS) is 16.4. The minimum Gasteiger partial charge on any atom is -0.490 e. The van der Waals surface area contributed by atoms with E-state index in [-0.39, 0.29) is 54.3 Å². The first kappa shape index (κ1) is 38.1. The summed E-state index contributed by atoms with van der Waals surface area (Å²) in [6.07, 6.45) is -14.0. The van der Waals surface area contributed by atoms with Crippen molar-refractivity contribution in [1.82, 2.24) is 30.6 Å². The Morgan fingerprint density at radius 3 is 2.25 bits per heavy atom. The van der Waals surface area contributed by atoms with Gasteiger partial charge < -0.3 is 14.8 Å². The lowest BCUT2D eigenvalue weighted by atomic mass is 9.89. The predicted molar refractivity (Wildman–Crippen MR) is 165 cm³/mol. The maximum absolute atomic E-state index is 13.8. The third-order valence-electron chi connectivity index (χ3n) is 8.14. The Labute approximate surface area is 289 Å². The predicted octanol–water partition coefficient (Wildman–Crippen LogP) is 7.95. The molecule has 0 bridgehead atoms. The second kappa shape index (κ2) is 15.2. The number of nitrogens with one attached hydrogen (secondary N) is 2. The highest BCUT2D eigenvalue weighted by molar-refractivity contribution is 5.90. The number of aromatic amines is 1. The number of ether oxygens (including phenoxy) is 2. The van der Waals surface area contributed by atoms with Gasteiger partial charge in [-0.2, -0.15) is 44.7 Å². The van der Waals surface area contributed by atoms with Crippen LogP contribution in [0.15, 0.2) is 42.6 Å². The van der Waals surface area contributed by atoms with Gasteiger partial charge in [-0.15, -0.1) is 10.2 Å². The molecule has 5 rings (SSSR count). The van der Waals surface area contributed by atoms with Gasteiger partial charge in [0.1, 0.15) is 0 Å². The summed E-state index contributed by atoms with van der Waals surface area (Å²) in [5.74, 6) is 0.106. The van der Waals surface area contributed by atoms with Crippen LogP contribution >= 0.6 is 0 Å². The molecule has 1 aliphatic rings. The van der Waals surface area contributed by atoms with E-state index in [9.17, 15) is 44.3 Å². The highest BCUT2D eigenvalue weighted by atomic mass is 19.4. The number of anilines is 2. The third kappa shape index (κ3) is 9.00. The first-order chi connectivity index (χ1) is 24.5. The Kier molecular flexibility index (Phi) is 11.1. The monoisotopic (exact) mass is 746 g/mol. The van der Waals surface area contributed by atoms with Crippen LogP contribution in [0, 0.1) is 0 Å². The number of H-pyrrole nitrogens is 1. The number of hydrogen-bond acceptors (Lipinski definition) is 9. The number of aromatic nitrogens is 6. The molecule has 0 spiro atoms. The Morgan fingerprint density at radius 2 is 1.65 bits per heavy atom. The third-order valence-corrected chi connectivity index (χ3v) is 8.14. The van der Waals surface area contributed by atoms with E-state index in [0.29, 0.717) is 37.2 Å². The van der Waals surface area contributed by atoms with Crippen molar-refractivity contribution in [1.29, 1.82) is 0 Å². The number of halogens is 9. The van der Waals surface area contributed by atoms with Crippen molar-refractivity contribution in [3.8, 4) is 5.75 Å². The molecule has 4 aromatic rings. The quantitative estimate of drug-likeness (QED) is 0.116. The molecule has 280 valence electrons. The number of hydrogen-bond donors (Lipinski definition) is 2. The van der Waals surface area contributed by atoms with Gasteiger partial charge >= 0.3 is 24.6 Å². The maximum Gasteiger partial charge on any atom is 0.416 e. The van der Waals surface area contributed by atoms with Crippen molar-refractivity contribution in [2.45, 2.75) is 76.6 Å². The Morgan fingerprint density at radius 1 is 0.962 bits per heavy atom. The Bertz CT molecular complexity index is 1820. The molecule has 52 heavy (non-hydrogen) atoms. The zero-order valence-electron chi connectivity index (χ0n) is 27.5. The summed E-state index contributed by atoms with van der Waals surface area (Å²) >= 11 is 0. The molecular formula is C32H31F9N8O3. The highest BCUT2D eigenvalue weighted by Crippen LogP contribution is 2.43. The molecule has 11 nitrogen and oxygen atoms in total. The number of carbonyl (C=O) groups excluding carboxylic acids is 1. The lowest BCUT2D eigenvalue weighted by Crippen LogP contribution is -2.46. The van der Waals surface area contributed by atoms with Crippen LogP contribution in [0.1, 0.15) is 78.5 Å². The fourth-order valence-corrected chi connectivity index (χ4v) is 5.75. The van der Waals surface area contributed by atoms with Crippen molar-refractivity contribution < 1.29 is 53.8 Å². The van der Waals surface area contributed by atoms with Gasteiger partial charge in [-0.05, 0) is 73.7 Å². The SMILES string of the molecule is CCOC(=O)N1c2ccc(C(F)(F)F)cc2[C@@H](Nc2ncc(OCCCc3nn[nH]n3)c(Cc3cc(C(F)(F)F)cc(C(F)(F)F)c3)n2)C[C@H]1CC. The van der Waals surface area contributed by atoms with Crippen molar-refractivity contribution in [3.63, 3.8) is 0 Å². The number of rotatable bonds is 11. The van der Waals surface area contributed by atoms with Crippen molar-refractivity contribution >= 4 is 17.7 Å². The largest absolute Gasteiger partial charge is 0.490 e. The van der Waals surface area contributed by atoms with E-state index >= 15 is 0 Å². The summed E-state index contributed by atoms with van der Waals surface area (Å²) in [7, 11) is 0. The van der Waals surface area contributed by atoms with Crippen LogP contribution in [0.5, 0.6) is 5.75 Å². The Balaban J connectivity index is 1.53. The minimum atomic E-state index is -5.10. The van der Waals surface area contributed by atoms with Crippen molar-refractivity contribution in [2.75, 3.05) is 23.4 Å². The molecule has 0 saturated carbocycles. The van der Waals surface area contributed by atoms with E-state index in [1.807, 2.05) is 0 Å². The number of nitrogens with zero attached hydrogens (tertiary/aromatic N) is 6. The van der Waals surface area contributed by atoms with E-state index in [1.54, 1.807) is 13.8 Å². The second-order valence-corrected chi connectivity index (χ2v) is 11.7. The smallest absolute Gasteiger partial charge is 0.416 e. The number of fused-ring (bicyclic) bond motifs is 1. The van der Waals surface area contributed by atoms with E-state index in [1.165, 1.54) is 4.90 Å². The number of amides is 1. The van der Waals surface area contributed by atoms with Crippen LogP contribution in [-0.4, -0.2) is 55.9 Å². The van der Waals surface area contributed by atoms with Crippen LogP contribution in [-0.2, 0) is 36.1 Å². The lowest BCUT2D eigenvalue weighted by molar-refractivity contribution is -0.143. The molecule has 0 fully saturated rings. The van der Waals surface area contributed by atoms with E-state index in [4.69, 9.17) is 9.47 Å². The molecule has 2 aromatic heterocycles. The van der Waals surface area contributed by atoms with Crippen molar-refractivity contribution in [3.05, 3.63) is 81.9 Å². The molecule has 0 radical (unpaired) electrons. The molecule has 2 aromatic carbocycles. The number of tetrazole rings is 1. The van der Waals surface area contributed by atoms with E-state index < -0.39 is 65.4 Å². The molecule has 1 amide bonds. The van der Waals surface area contributed by atoms with Gasteiger partial charge in [0.05, 0.1) is 53.5 Å². The molecule has 2 N–H and O–H groups in total. The van der Waals surface area contributed by atoms with Crippen LogP contribution in [0.3, 0.4) is 0 Å². The molecular weight excluding hydrogens is 715 g/mol. The summed E-state index contributed by atoms with van der Waals surface area (Å²) in [4.78, 5) is 22.8. The number of alkyl halides is 9. The average Bonchev–Trinajstić information content (AvgIpc) is 3.59. The first-order valence-electron chi connectivity index (χ1n) is 15.9. The average molecular weight is 747 g/mol. The highest BCUT2D eigenvalue weighted by Gasteiger charge is 2.40. The molecule has 0 saturated heterocycles. The van der Waals surface area contributed by atoms with Crippen LogP contribution in [0.4, 0.5) is 55.9 Å². The summed E-state index contributed by atoms with van der Waals surface area (Å²) in [5, 5.41) is 16.3. The van der Waals surface area contributed by atoms with Crippen LogP contribution < -0.4 is 15.0 Å². The van der Waals surface area contributed by atoms with Crippen LogP contribution in [0.25, 0.3) is 0 Å². The van der Waals surface area contributed by atoms with Gasteiger partial charge in [-0.1, -0.05) is 12.1 Å². The molecule has 20 heteroatoms. The van der Waals surface area contributed by atoms with Gasteiger partial charge in [-0.25, -0.2) is 14.8 Å². The summed E-state index contributed by atoms with van der Waals surface area (Å²) in [6.45, 7) is 3.36. The maximum atomic E-state index is 13.8. The number of benzene rings is 2. The van der Waals surface area contributed by atoms with Crippen molar-refractivity contribution in [2.24, 2.45) is 0 Å². The van der Waals surface area contributed by atoms with Crippen LogP contribution in [0.2, 0.25) is 0 Å². The van der Waals surface area contributed by atoms with E-state index in [2.05, 4.69) is 35.9 Å². The zero-order chi connectivity index (χ0) is 37.8. The number of carbonyl (C=O) groups is 1. The lowest BCUT2D eigenvalue weighted by Gasteiger charge is -2.40.